The summed E-state index contributed by atoms with van der Waals surface area (Å²) >= 11 is 0. The maximum atomic E-state index is 8.83. The molecule has 2 heterocycles. The quantitative estimate of drug-likeness (QED) is 0.202. The molecule has 3 aliphatic rings. The molecule has 0 radical (unpaired) electrons. The average Bonchev–Trinajstić information content (AvgIpc) is 3.46. The van der Waals surface area contributed by atoms with Crippen molar-refractivity contribution in [3.8, 4) is 0 Å². The van der Waals surface area contributed by atoms with Crippen molar-refractivity contribution < 1.29 is 9.84 Å². The highest BCUT2D eigenvalue weighted by molar-refractivity contribution is 5.51. The van der Waals surface area contributed by atoms with E-state index in [2.05, 4.69) is 30.7 Å². The van der Waals surface area contributed by atoms with Gasteiger partial charge < -0.3 is 36.4 Å². The fourth-order valence-corrected chi connectivity index (χ4v) is 6.09. The summed E-state index contributed by atoms with van der Waals surface area (Å²) < 4.78 is 5.40. The van der Waals surface area contributed by atoms with Crippen LogP contribution in [-0.2, 0) is 4.74 Å². The van der Waals surface area contributed by atoms with Crippen LogP contribution in [0.5, 0.6) is 0 Å². The molecule has 216 valence electrons. The van der Waals surface area contributed by atoms with Crippen LogP contribution in [0, 0.1) is 11.8 Å². The molecule has 38 heavy (non-hydrogen) atoms. The number of aromatic nitrogens is 2. The summed E-state index contributed by atoms with van der Waals surface area (Å²) in [5.41, 5.74) is 6.15. The molecule has 4 rings (SSSR count). The topological polar surface area (TPSA) is 124 Å². The van der Waals surface area contributed by atoms with Crippen molar-refractivity contribution in [3.63, 3.8) is 0 Å². The maximum absolute atomic E-state index is 8.83. The third-order valence-corrected chi connectivity index (χ3v) is 8.48. The fourth-order valence-electron chi connectivity index (χ4n) is 6.09. The van der Waals surface area contributed by atoms with Crippen molar-refractivity contribution in [2.24, 2.45) is 11.8 Å². The van der Waals surface area contributed by atoms with Crippen molar-refractivity contribution in [2.75, 3.05) is 94.7 Å². The van der Waals surface area contributed by atoms with E-state index in [-0.39, 0.29) is 6.61 Å². The largest absolute Gasteiger partial charge is 0.394 e. The fraction of sp³-hybridized carbons (Fsp3) is 0.857. The summed E-state index contributed by atoms with van der Waals surface area (Å²) in [6.07, 6.45) is 11.9. The summed E-state index contributed by atoms with van der Waals surface area (Å²) in [4.78, 5) is 13.9. The van der Waals surface area contributed by atoms with Crippen LogP contribution < -0.4 is 26.6 Å². The van der Waals surface area contributed by atoms with Crippen molar-refractivity contribution >= 4 is 17.6 Å². The summed E-state index contributed by atoms with van der Waals surface area (Å²) in [6, 6.07) is 2.67. The van der Waals surface area contributed by atoms with Gasteiger partial charge in [-0.1, -0.05) is 12.8 Å². The van der Waals surface area contributed by atoms with Gasteiger partial charge in [-0.05, 0) is 76.4 Å². The lowest BCUT2D eigenvalue weighted by Gasteiger charge is -2.35. The normalized spacial score (nSPS) is 23.2. The number of aliphatic hydroxyl groups is 1. The average molecular weight is 533 g/mol. The van der Waals surface area contributed by atoms with E-state index >= 15 is 0 Å². The lowest BCUT2D eigenvalue weighted by atomic mass is 9.82. The van der Waals surface area contributed by atoms with Crippen molar-refractivity contribution in [1.82, 2.24) is 25.5 Å². The maximum Gasteiger partial charge on any atom is 0.226 e. The van der Waals surface area contributed by atoms with Gasteiger partial charge in [-0.15, -0.1) is 0 Å². The lowest BCUT2D eigenvalue weighted by molar-refractivity contribution is 0.0724. The first-order valence-corrected chi connectivity index (χ1v) is 15.2. The van der Waals surface area contributed by atoms with Crippen LogP contribution in [0.1, 0.15) is 57.8 Å². The molecule has 0 aromatic carbocycles. The Bertz CT molecular complexity index is 778. The number of nitrogens with zero attached hydrogens (tertiary/aromatic N) is 4. The van der Waals surface area contributed by atoms with Gasteiger partial charge in [-0.25, -0.2) is 0 Å². The first kappa shape index (κ1) is 29.3. The first-order chi connectivity index (χ1) is 18.7. The van der Waals surface area contributed by atoms with Gasteiger partial charge in [0.15, 0.2) is 0 Å². The highest BCUT2D eigenvalue weighted by atomic mass is 16.5. The lowest BCUT2D eigenvalue weighted by Crippen LogP contribution is -2.47. The Kier molecular flexibility index (Phi) is 12.6. The minimum atomic E-state index is 0.0799. The number of ether oxygens (including phenoxy) is 1. The van der Waals surface area contributed by atoms with E-state index in [0.29, 0.717) is 30.9 Å². The number of nitrogens with one attached hydrogen (secondary N) is 3. The summed E-state index contributed by atoms with van der Waals surface area (Å²) in [5, 5.41) is 19.7. The van der Waals surface area contributed by atoms with Crippen molar-refractivity contribution in [2.45, 2.75) is 63.8 Å². The van der Waals surface area contributed by atoms with Gasteiger partial charge >= 0.3 is 0 Å². The zero-order valence-electron chi connectivity index (χ0n) is 23.4. The number of hydrogen-bond acceptors (Lipinski definition) is 10. The second-order valence-corrected chi connectivity index (χ2v) is 11.4. The van der Waals surface area contributed by atoms with Crippen LogP contribution in [0.2, 0.25) is 0 Å². The molecule has 2 saturated carbocycles. The van der Waals surface area contributed by atoms with Crippen molar-refractivity contribution in [1.29, 1.82) is 0 Å². The van der Waals surface area contributed by atoms with E-state index in [1.807, 2.05) is 6.07 Å². The Morgan fingerprint density at radius 1 is 0.921 bits per heavy atom. The first-order valence-electron chi connectivity index (χ1n) is 15.2. The standard InChI is InChI=1S/C28H52N8O2/c29-26-20-27(36-14-12-35(13-15-36)16-18-38-19-17-37)34-28(33-26)32-22-24-8-6-23(7-9-24)21-30-10-3-11-31-25-4-1-2-5-25/h20,23-25,30-31,37H,1-19,21-22H2,(H3,29,32,33,34)/t23-,24-. The van der Waals surface area contributed by atoms with E-state index in [9.17, 15) is 0 Å². The molecule has 0 amide bonds. The minimum Gasteiger partial charge on any atom is -0.394 e. The molecule has 1 saturated heterocycles. The van der Waals surface area contributed by atoms with Gasteiger partial charge in [0.05, 0.1) is 19.8 Å². The molecule has 0 spiro atoms. The van der Waals surface area contributed by atoms with E-state index in [0.717, 1.165) is 76.7 Å². The molecule has 10 nitrogen and oxygen atoms in total. The van der Waals surface area contributed by atoms with Crippen LogP contribution >= 0.6 is 0 Å². The third kappa shape index (κ3) is 10.1. The van der Waals surface area contributed by atoms with Gasteiger partial charge in [0.1, 0.15) is 11.6 Å². The zero-order chi connectivity index (χ0) is 26.4. The Balaban J connectivity index is 1.08. The number of rotatable bonds is 16. The van der Waals surface area contributed by atoms with E-state index < -0.39 is 0 Å². The van der Waals surface area contributed by atoms with E-state index in [1.165, 1.54) is 57.8 Å². The summed E-state index contributed by atoms with van der Waals surface area (Å²) in [7, 11) is 0. The van der Waals surface area contributed by atoms with Crippen molar-refractivity contribution in [3.05, 3.63) is 6.07 Å². The number of nitrogen functional groups attached to an aromatic ring is 1. The Hall–Kier alpha value is -1.72. The van der Waals surface area contributed by atoms with E-state index in [1.54, 1.807) is 0 Å². The predicted octanol–water partition coefficient (Wildman–Crippen LogP) is 1.92. The SMILES string of the molecule is Nc1cc(N2CCN(CCOCCO)CC2)nc(NC[C@H]2CC[C@H](CNCCCNC3CCCC3)CC2)n1. The monoisotopic (exact) mass is 532 g/mol. The van der Waals surface area contributed by atoms with Crippen LogP contribution in [0.25, 0.3) is 0 Å². The molecule has 3 fully saturated rings. The van der Waals surface area contributed by atoms with Crippen LogP contribution in [0.3, 0.4) is 0 Å². The minimum absolute atomic E-state index is 0.0799. The molecule has 6 N–H and O–H groups in total. The highest BCUT2D eigenvalue weighted by Crippen LogP contribution is 2.29. The van der Waals surface area contributed by atoms with Crippen LogP contribution in [0.4, 0.5) is 17.6 Å². The number of aliphatic hydroxyl groups excluding tert-OH is 1. The van der Waals surface area contributed by atoms with Gasteiger partial charge in [0, 0.05) is 51.4 Å². The summed E-state index contributed by atoms with van der Waals surface area (Å²) in [6.45, 7) is 10.1. The predicted molar refractivity (Wildman–Crippen MR) is 155 cm³/mol. The molecule has 2 aliphatic carbocycles. The number of piperazine rings is 1. The Morgan fingerprint density at radius 3 is 2.39 bits per heavy atom. The number of nitrogens with two attached hydrogens (primary N) is 1. The molecule has 0 bridgehead atoms. The molecule has 1 aromatic heterocycles. The van der Waals surface area contributed by atoms with Gasteiger partial charge in [-0.2, -0.15) is 9.97 Å². The Labute approximate surface area is 229 Å². The van der Waals surface area contributed by atoms with Gasteiger partial charge in [0.25, 0.3) is 0 Å². The second-order valence-electron chi connectivity index (χ2n) is 11.4. The molecule has 0 unspecified atom stereocenters. The second kappa shape index (κ2) is 16.4. The van der Waals surface area contributed by atoms with Crippen LogP contribution in [0.15, 0.2) is 6.07 Å². The highest BCUT2D eigenvalue weighted by Gasteiger charge is 2.22. The molecular formula is C28H52N8O2. The molecule has 1 aromatic rings. The number of hydrogen-bond donors (Lipinski definition) is 5. The molecule has 1 aliphatic heterocycles. The molecule has 0 atom stereocenters. The molecule has 10 heteroatoms. The van der Waals surface area contributed by atoms with Crippen LogP contribution in [-0.4, -0.2) is 105 Å². The zero-order valence-corrected chi connectivity index (χ0v) is 23.4. The summed E-state index contributed by atoms with van der Waals surface area (Å²) in [5.74, 6) is 3.56. The smallest absolute Gasteiger partial charge is 0.226 e. The van der Waals surface area contributed by atoms with E-state index in [4.69, 9.17) is 20.6 Å². The van der Waals surface area contributed by atoms with Gasteiger partial charge in [-0.3, -0.25) is 4.90 Å². The Morgan fingerprint density at radius 2 is 1.66 bits per heavy atom. The van der Waals surface area contributed by atoms with Gasteiger partial charge in [0.2, 0.25) is 5.95 Å². The third-order valence-electron chi connectivity index (χ3n) is 8.48. The molecular weight excluding hydrogens is 480 g/mol. The number of anilines is 3.